The molecule has 0 saturated heterocycles. The van der Waals surface area contributed by atoms with E-state index < -0.39 is 0 Å². The van der Waals surface area contributed by atoms with Gasteiger partial charge in [0, 0.05) is 5.69 Å². The molecule has 0 amide bonds. The Bertz CT molecular complexity index is 1080. The van der Waals surface area contributed by atoms with Crippen LogP contribution in [0.5, 0.6) is 5.75 Å². The molecule has 1 aliphatic rings. The third kappa shape index (κ3) is 5.41. The number of benzene rings is 2. The fourth-order valence-electron chi connectivity index (χ4n) is 2.82. The number of hydrogen-bond donors (Lipinski definition) is 4. The maximum atomic E-state index is 9.56. The van der Waals surface area contributed by atoms with E-state index in [2.05, 4.69) is 48.3 Å². The minimum absolute atomic E-state index is 0.102. The molecule has 0 bridgehead atoms. The minimum atomic E-state index is 0.102. The number of aromatic nitrogens is 3. The predicted molar refractivity (Wildman–Crippen MR) is 119 cm³/mol. The molecule has 8 nitrogen and oxygen atoms in total. The van der Waals surface area contributed by atoms with Crippen molar-refractivity contribution in [3.63, 3.8) is 0 Å². The Morgan fingerprint density at radius 2 is 1.77 bits per heavy atom. The molecule has 0 fully saturated rings. The Hall–Kier alpha value is -4.20. The summed E-state index contributed by atoms with van der Waals surface area (Å²) in [6, 6.07) is 16.6. The first-order valence-corrected chi connectivity index (χ1v) is 9.51. The largest absolute Gasteiger partial charge is 0.508 e. The lowest BCUT2D eigenvalue weighted by atomic mass is 10.1. The van der Waals surface area contributed by atoms with E-state index >= 15 is 0 Å². The van der Waals surface area contributed by atoms with E-state index in [4.69, 9.17) is 0 Å². The number of nitrogens with zero attached hydrogens (tertiary/aromatic N) is 4. The molecule has 30 heavy (non-hydrogen) atoms. The number of aromatic hydroxyl groups is 1. The first-order chi connectivity index (χ1) is 14.7. The zero-order chi connectivity index (χ0) is 20.6. The van der Waals surface area contributed by atoms with Gasteiger partial charge in [0.15, 0.2) is 0 Å². The fourth-order valence-corrected chi connectivity index (χ4v) is 2.82. The van der Waals surface area contributed by atoms with Crippen LogP contribution in [0.4, 0.5) is 23.5 Å². The SMILES string of the molecule is Oc1cccc(/C=N/Nc2nc(Nc3ccccc3)nc(NC3C=CC=CC3)n2)c1. The number of allylic oxidation sites excluding steroid dienone is 2. The zero-order valence-electron chi connectivity index (χ0n) is 16.1. The highest BCUT2D eigenvalue weighted by atomic mass is 16.3. The van der Waals surface area contributed by atoms with Crippen LogP contribution in [0.15, 0.2) is 84.0 Å². The highest BCUT2D eigenvalue weighted by Gasteiger charge is 2.11. The summed E-state index contributed by atoms with van der Waals surface area (Å²) in [6.45, 7) is 0. The van der Waals surface area contributed by atoms with Crippen LogP contribution in [0.1, 0.15) is 12.0 Å². The summed E-state index contributed by atoms with van der Waals surface area (Å²) >= 11 is 0. The molecule has 1 heterocycles. The molecule has 0 spiro atoms. The second-order valence-corrected chi connectivity index (χ2v) is 6.56. The first-order valence-electron chi connectivity index (χ1n) is 9.51. The number of phenols is 1. The summed E-state index contributed by atoms with van der Waals surface area (Å²) in [5.41, 5.74) is 4.44. The Kier molecular flexibility index (Phi) is 5.95. The van der Waals surface area contributed by atoms with Gasteiger partial charge in [0.1, 0.15) is 5.75 Å². The smallest absolute Gasteiger partial charge is 0.250 e. The zero-order valence-corrected chi connectivity index (χ0v) is 16.1. The summed E-state index contributed by atoms with van der Waals surface area (Å²) < 4.78 is 0. The Balaban J connectivity index is 1.54. The normalized spacial score (nSPS) is 15.3. The second kappa shape index (κ2) is 9.33. The Morgan fingerprint density at radius 1 is 0.933 bits per heavy atom. The van der Waals surface area contributed by atoms with Crippen LogP contribution in [0.25, 0.3) is 0 Å². The van der Waals surface area contributed by atoms with Gasteiger partial charge in [-0.1, -0.05) is 54.6 Å². The number of hydrazone groups is 1. The first kappa shape index (κ1) is 19.1. The van der Waals surface area contributed by atoms with Gasteiger partial charge in [0.05, 0.1) is 12.3 Å². The third-order valence-electron chi connectivity index (χ3n) is 4.21. The number of hydrogen-bond acceptors (Lipinski definition) is 8. The summed E-state index contributed by atoms with van der Waals surface area (Å²) in [6.07, 6.45) is 10.6. The maximum absolute atomic E-state index is 9.56. The highest BCUT2D eigenvalue weighted by molar-refractivity contribution is 5.80. The van der Waals surface area contributed by atoms with Crippen LogP contribution in [-0.2, 0) is 0 Å². The van der Waals surface area contributed by atoms with Crippen molar-refractivity contribution in [2.75, 3.05) is 16.1 Å². The van der Waals surface area contributed by atoms with E-state index in [1.54, 1.807) is 24.4 Å². The van der Waals surface area contributed by atoms with Crippen molar-refractivity contribution in [3.8, 4) is 5.75 Å². The molecule has 8 heteroatoms. The van der Waals surface area contributed by atoms with Crippen molar-refractivity contribution in [2.45, 2.75) is 12.5 Å². The van der Waals surface area contributed by atoms with Gasteiger partial charge in [0.25, 0.3) is 0 Å². The lowest BCUT2D eigenvalue weighted by Crippen LogP contribution is -2.20. The van der Waals surface area contributed by atoms with E-state index in [1.807, 2.05) is 48.6 Å². The van der Waals surface area contributed by atoms with Crippen molar-refractivity contribution in [1.82, 2.24) is 15.0 Å². The summed E-state index contributed by atoms with van der Waals surface area (Å²) in [7, 11) is 0. The molecule has 3 aromatic rings. The van der Waals surface area contributed by atoms with Crippen LogP contribution in [0, 0.1) is 0 Å². The molecule has 1 aliphatic carbocycles. The summed E-state index contributed by atoms with van der Waals surface area (Å²) in [5, 5.41) is 20.2. The van der Waals surface area contributed by atoms with Crippen LogP contribution < -0.4 is 16.1 Å². The van der Waals surface area contributed by atoms with Crippen molar-refractivity contribution < 1.29 is 5.11 Å². The molecule has 0 saturated carbocycles. The molecule has 1 aromatic heterocycles. The molecule has 1 unspecified atom stereocenters. The third-order valence-corrected chi connectivity index (χ3v) is 4.21. The van der Waals surface area contributed by atoms with Crippen LogP contribution in [0.3, 0.4) is 0 Å². The van der Waals surface area contributed by atoms with Crippen molar-refractivity contribution in [3.05, 3.63) is 84.5 Å². The lowest BCUT2D eigenvalue weighted by Gasteiger charge is -2.16. The average molecular weight is 399 g/mol. The molecule has 0 aliphatic heterocycles. The highest BCUT2D eigenvalue weighted by Crippen LogP contribution is 2.17. The number of phenolic OH excluding ortho intramolecular Hbond substituents is 1. The fraction of sp³-hybridized carbons (Fsp3) is 0.0909. The van der Waals surface area contributed by atoms with E-state index in [9.17, 15) is 5.11 Å². The number of para-hydroxylation sites is 1. The van der Waals surface area contributed by atoms with E-state index in [1.165, 1.54) is 0 Å². The van der Waals surface area contributed by atoms with Gasteiger partial charge in [-0.3, -0.25) is 0 Å². The van der Waals surface area contributed by atoms with E-state index in [0.717, 1.165) is 17.7 Å². The molecular formula is C22H21N7O. The number of rotatable bonds is 7. The number of anilines is 4. The summed E-state index contributed by atoms with van der Waals surface area (Å²) in [5.74, 6) is 1.29. The molecule has 150 valence electrons. The van der Waals surface area contributed by atoms with Crippen molar-refractivity contribution >= 4 is 29.7 Å². The molecule has 0 radical (unpaired) electrons. The van der Waals surface area contributed by atoms with Crippen LogP contribution in [-0.4, -0.2) is 32.3 Å². The van der Waals surface area contributed by atoms with Gasteiger partial charge >= 0.3 is 0 Å². The average Bonchev–Trinajstić information content (AvgIpc) is 2.75. The Labute approximate surface area is 174 Å². The van der Waals surface area contributed by atoms with Crippen molar-refractivity contribution in [2.24, 2.45) is 5.10 Å². The van der Waals surface area contributed by atoms with Gasteiger partial charge in [-0.15, -0.1) is 0 Å². The Morgan fingerprint density at radius 3 is 2.57 bits per heavy atom. The molecule has 2 aromatic carbocycles. The maximum Gasteiger partial charge on any atom is 0.250 e. The standard InChI is InChI=1S/C22H21N7O/c30-19-13-7-8-16(14-19)15-23-29-22-27-20(24-17-9-3-1-4-10-17)26-21(28-22)25-18-11-5-2-6-12-18/h1-11,13-15,18,30H,12H2,(H3,24,25,26,27,28,29)/b23-15+. The monoisotopic (exact) mass is 399 g/mol. The predicted octanol–water partition coefficient (Wildman–Crippen LogP) is 4.06. The van der Waals surface area contributed by atoms with E-state index in [0.29, 0.717) is 11.9 Å². The van der Waals surface area contributed by atoms with Crippen LogP contribution in [0.2, 0.25) is 0 Å². The number of nitrogens with one attached hydrogen (secondary N) is 3. The van der Waals surface area contributed by atoms with Gasteiger partial charge in [-0.05, 0) is 36.2 Å². The quantitative estimate of drug-likeness (QED) is 0.350. The topological polar surface area (TPSA) is 107 Å². The lowest BCUT2D eigenvalue weighted by molar-refractivity contribution is 0.475. The molecule has 4 rings (SSSR count). The van der Waals surface area contributed by atoms with Crippen LogP contribution >= 0.6 is 0 Å². The summed E-state index contributed by atoms with van der Waals surface area (Å²) in [4.78, 5) is 13.3. The molecule has 1 atom stereocenters. The van der Waals surface area contributed by atoms with E-state index in [-0.39, 0.29) is 17.7 Å². The molecular weight excluding hydrogens is 378 g/mol. The molecule has 4 N–H and O–H groups in total. The van der Waals surface area contributed by atoms with Gasteiger partial charge in [-0.2, -0.15) is 20.1 Å². The second-order valence-electron chi connectivity index (χ2n) is 6.56. The van der Waals surface area contributed by atoms with Gasteiger partial charge < -0.3 is 15.7 Å². The van der Waals surface area contributed by atoms with Crippen molar-refractivity contribution in [1.29, 1.82) is 0 Å². The van der Waals surface area contributed by atoms with Gasteiger partial charge in [0.2, 0.25) is 17.8 Å². The van der Waals surface area contributed by atoms with Gasteiger partial charge in [-0.25, -0.2) is 5.43 Å². The minimum Gasteiger partial charge on any atom is -0.508 e.